The van der Waals surface area contributed by atoms with Crippen molar-refractivity contribution in [3.05, 3.63) is 164 Å². The van der Waals surface area contributed by atoms with Gasteiger partial charge in [0, 0.05) is 61.6 Å². The summed E-state index contributed by atoms with van der Waals surface area (Å²) >= 11 is 2.50. The first-order valence-electron chi connectivity index (χ1n) is 26.1. The number of pyridine rings is 2. The Balaban J connectivity index is 1.19. The number of nitrogens with zero attached hydrogens (tertiary/aromatic N) is 6. The average Bonchev–Trinajstić information content (AvgIpc) is 4.04. The van der Waals surface area contributed by atoms with Crippen molar-refractivity contribution in [2.45, 2.75) is 130 Å². The number of carbonyl (C=O) groups is 2. The van der Waals surface area contributed by atoms with Crippen LogP contribution in [0.4, 0.5) is 10.3 Å². The van der Waals surface area contributed by atoms with Gasteiger partial charge in [-0.05, 0) is 113 Å². The fraction of sp³-hybridized carbons (Fsp3) is 0.355. The van der Waals surface area contributed by atoms with Crippen LogP contribution in [0.2, 0.25) is 0 Å². The minimum atomic E-state index is -0.423. The first kappa shape index (κ1) is 55.2. The lowest BCUT2D eigenvalue weighted by molar-refractivity contribution is -0.118. The van der Waals surface area contributed by atoms with Gasteiger partial charge in [-0.2, -0.15) is 0 Å². The van der Waals surface area contributed by atoms with E-state index in [1.165, 1.54) is 22.7 Å². The summed E-state index contributed by atoms with van der Waals surface area (Å²) in [5.74, 6) is 0.363. The van der Waals surface area contributed by atoms with E-state index < -0.39 is 11.8 Å². The average molecular weight is 1090 g/mol. The van der Waals surface area contributed by atoms with Crippen LogP contribution in [0, 0.1) is 0 Å². The van der Waals surface area contributed by atoms with Gasteiger partial charge < -0.3 is 19.7 Å². The molecule has 1 aliphatic carbocycles. The van der Waals surface area contributed by atoms with Crippen molar-refractivity contribution < 1.29 is 29.3 Å². The van der Waals surface area contributed by atoms with Crippen LogP contribution < -0.4 is 20.1 Å². The Bertz CT molecular complexity index is 3200. The third kappa shape index (κ3) is 12.7. The lowest BCUT2D eigenvalue weighted by Crippen LogP contribution is -2.22. The molecule has 8 bridgehead atoms. The van der Waals surface area contributed by atoms with Gasteiger partial charge in [0.05, 0.1) is 0 Å². The molecule has 9 rings (SSSR count). The smallest absolute Gasteiger partial charge is 0.264 e. The molecule has 0 saturated carbocycles. The Kier molecular flexibility index (Phi) is 15.4. The van der Waals surface area contributed by atoms with Gasteiger partial charge in [-0.25, -0.2) is 0 Å². The van der Waals surface area contributed by atoms with Crippen LogP contribution in [0.25, 0.3) is 21.1 Å². The SMILES string of the molecule is CC(C)(C)c1cc2c(O)c(c1)Cc1cc(C(C)(C)C)cc(c1OCC(=O)Nc1nnc(-c3ccncc3)s1)Cc1cc(C(C)(C)C)cc(c1O)Cc1cc(C(C)(C)C)cc(c1OCC(=O)Nc1nnc(-c3ccncc3)s1)C2. The first-order chi connectivity index (χ1) is 36.8. The minimum absolute atomic E-state index is 0.119. The number of phenolic OH excluding ortho intramolecular Hbond substituents is 2. The van der Waals surface area contributed by atoms with E-state index >= 15 is 0 Å². The number of hydrogen-bond acceptors (Lipinski definition) is 14. The second-order valence-electron chi connectivity index (χ2n) is 24.2. The highest BCUT2D eigenvalue weighted by Gasteiger charge is 2.29. The lowest BCUT2D eigenvalue weighted by Gasteiger charge is -2.28. The van der Waals surface area contributed by atoms with E-state index in [0.717, 1.165) is 55.6 Å². The van der Waals surface area contributed by atoms with Gasteiger partial charge in [-0.15, -0.1) is 20.4 Å². The summed E-state index contributed by atoms with van der Waals surface area (Å²) < 4.78 is 13.5. The molecular formula is C62H68N8O6S2. The summed E-state index contributed by atoms with van der Waals surface area (Å²) in [7, 11) is 0. The predicted molar refractivity (Wildman–Crippen MR) is 310 cm³/mol. The van der Waals surface area contributed by atoms with Crippen molar-refractivity contribution in [1.29, 1.82) is 0 Å². The predicted octanol–water partition coefficient (Wildman–Crippen LogP) is 12.8. The minimum Gasteiger partial charge on any atom is -0.507 e. The number of anilines is 2. The Hall–Kier alpha value is -7.56. The number of benzene rings is 4. The van der Waals surface area contributed by atoms with Crippen molar-refractivity contribution in [3.63, 3.8) is 0 Å². The second-order valence-corrected chi connectivity index (χ2v) is 26.2. The molecule has 78 heavy (non-hydrogen) atoms. The molecule has 8 aromatic rings. The molecule has 404 valence electrons. The molecule has 0 radical (unpaired) electrons. The molecule has 0 saturated heterocycles. The number of aromatic hydroxyl groups is 2. The van der Waals surface area contributed by atoms with E-state index in [9.17, 15) is 19.8 Å². The molecule has 0 unspecified atom stereocenters. The number of fused-ring (bicyclic) bond motifs is 8. The molecule has 0 spiro atoms. The lowest BCUT2D eigenvalue weighted by atomic mass is 9.79. The van der Waals surface area contributed by atoms with Gasteiger partial charge in [0.25, 0.3) is 11.8 Å². The summed E-state index contributed by atoms with van der Waals surface area (Å²) in [4.78, 5) is 36.0. The third-order valence-corrected chi connectivity index (χ3v) is 15.7. The van der Waals surface area contributed by atoms with Crippen LogP contribution in [0.1, 0.15) is 150 Å². The van der Waals surface area contributed by atoms with Crippen LogP contribution in [0.15, 0.2) is 97.6 Å². The van der Waals surface area contributed by atoms with E-state index in [1.807, 2.05) is 24.3 Å². The number of ether oxygens (including phenoxy) is 2. The highest BCUT2D eigenvalue weighted by atomic mass is 32.1. The monoisotopic (exact) mass is 1080 g/mol. The zero-order chi connectivity index (χ0) is 55.9. The molecule has 0 aliphatic heterocycles. The normalized spacial score (nSPS) is 13.0. The van der Waals surface area contributed by atoms with Gasteiger partial charge in [-0.1, -0.05) is 154 Å². The van der Waals surface area contributed by atoms with E-state index in [-0.39, 0.29) is 72.1 Å². The van der Waals surface area contributed by atoms with Crippen LogP contribution in [0.5, 0.6) is 23.0 Å². The Morgan fingerprint density at radius 2 is 0.718 bits per heavy atom. The maximum Gasteiger partial charge on any atom is 0.264 e. The van der Waals surface area contributed by atoms with Gasteiger partial charge >= 0.3 is 0 Å². The van der Waals surface area contributed by atoms with Crippen molar-refractivity contribution in [3.8, 4) is 44.1 Å². The van der Waals surface area contributed by atoms with Gasteiger partial charge in [0.15, 0.2) is 13.2 Å². The fourth-order valence-electron chi connectivity index (χ4n) is 9.37. The molecule has 4 aromatic carbocycles. The van der Waals surface area contributed by atoms with E-state index in [0.29, 0.717) is 54.0 Å². The highest BCUT2D eigenvalue weighted by molar-refractivity contribution is 7.19. The molecule has 16 heteroatoms. The molecule has 4 aromatic heterocycles. The largest absolute Gasteiger partial charge is 0.507 e. The Morgan fingerprint density at radius 3 is 0.987 bits per heavy atom. The van der Waals surface area contributed by atoms with Crippen molar-refractivity contribution in [2.75, 3.05) is 23.8 Å². The van der Waals surface area contributed by atoms with Crippen LogP contribution >= 0.6 is 22.7 Å². The zero-order valence-electron chi connectivity index (χ0n) is 46.5. The van der Waals surface area contributed by atoms with Crippen LogP contribution in [-0.2, 0) is 56.9 Å². The number of rotatable bonds is 10. The highest BCUT2D eigenvalue weighted by Crippen LogP contribution is 2.44. The van der Waals surface area contributed by atoms with Gasteiger partial charge in [0.1, 0.15) is 33.0 Å². The summed E-state index contributed by atoms with van der Waals surface area (Å²) in [6.45, 7) is 25.1. The van der Waals surface area contributed by atoms with Crippen molar-refractivity contribution >= 4 is 44.8 Å². The number of aromatic nitrogens is 6. The van der Waals surface area contributed by atoms with Crippen LogP contribution in [-0.4, -0.2) is 65.6 Å². The second kappa shape index (κ2) is 21.7. The van der Waals surface area contributed by atoms with Gasteiger partial charge in [0.2, 0.25) is 10.3 Å². The van der Waals surface area contributed by atoms with E-state index in [1.54, 1.807) is 24.8 Å². The maximum atomic E-state index is 13.9. The summed E-state index contributed by atoms with van der Waals surface area (Å²) in [6, 6.07) is 24.0. The molecule has 0 atom stereocenters. The van der Waals surface area contributed by atoms with E-state index in [4.69, 9.17) is 9.47 Å². The van der Waals surface area contributed by atoms with Crippen molar-refractivity contribution in [2.24, 2.45) is 0 Å². The van der Waals surface area contributed by atoms with Crippen molar-refractivity contribution in [1.82, 2.24) is 30.4 Å². The molecule has 0 fully saturated rings. The van der Waals surface area contributed by atoms with Crippen LogP contribution in [0.3, 0.4) is 0 Å². The molecule has 2 amide bonds. The van der Waals surface area contributed by atoms with E-state index in [2.05, 4.69) is 173 Å². The zero-order valence-corrected chi connectivity index (χ0v) is 48.1. The first-order valence-corrected chi connectivity index (χ1v) is 27.8. The molecule has 4 heterocycles. The molecule has 1 aliphatic rings. The number of hydrogen-bond donors (Lipinski definition) is 4. The summed E-state index contributed by atoms with van der Waals surface area (Å²) in [5.41, 5.74) is 10.2. The number of amides is 2. The Morgan fingerprint density at radius 1 is 0.449 bits per heavy atom. The standard InChI is InChI=1S/C62H68N8O6S2/c1-59(2,3)45-25-37-21-41-29-47(61(7,8)9)31-43(53(41)75-33-49(71)65-57-69-67-55(77-57)35-13-17-63-18-14-35)23-39-27-46(60(4,5)6)28-40(52(39)74)24-44-32-48(62(10,11)12)30-42(22-38(26-45)51(37)73)54(44)76-34-50(72)66-58-70-68-56(78-58)36-15-19-64-20-16-36/h13-20,25-32,73-74H,21-24,33-34H2,1-12H3,(H,65,69,71)(H,66,70,72). The quantitative estimate of drug-likeness (QED) is 0.101. The maximum absolute atomic E-state index is 13.9. The topological polar surface area (TPSA) is 194 Å². The summed E-state index contributed by atoms with van der Waals surface area (Å²) in [6.07, 6.45) is 7.69. The number of carbonyl (C=O) groups excluding carboxylic acids is 2. The Labute approximate surface area is 464 Å². The number of phenols is 2. The molecular weight excluding hydrogens is 1020 g/mol. The molecule has 4 N–H and O–H groups in total. The van der Waals surface area contributed by atoms with Gasteiger partial charge in [-0.3, -0.25) is 30.2 Å². The summed E-state index contributed by atoms with van der Waals surface area (Å²) in [5, 5.41) is 50.3. The number of nitrogens with one attached hydrogen (secondary N) is 2. The molecule has 14 nitrogen and oxygen atoms in total. The third-order valence-electron chi connectivity index (χ3n) is 13.9. The fourth-order valence-corrected chi connectivity index (χ4v) is 10.9.